The lowest BCUT2D eigenvalue weighted by Gasteiger charge is -2.14. The van der Waals surface area contributed by atoms with Crippen LogP contribution in [0, 0.1) is 11.7 Å². The molecule has 1 saturated heterocycles. The summed E-state index contributed by atoms with van der Waals surface area (Å²) in [4.78, 5) is 13.9. The second kappa shape index (κ2) is 7.22. The number of methoxy groups -OCH3 is 1. The number of benzene rings is 1. The van der Waals surface area contributed by atoms with Crippen molar-refractivity contribution in [2.75, 3.05) is 33.8 Å². The van der Waals surface area contributed by atoms with Gasteiger partial charge in [0.1, 0.15) is 0 Å². The third-order valence-electron chi connectivity index (χ3n) is 3.68. The molecular weight excluding hydrogens is 271 g/mol. The van der Waals surface area contributed by atoms with Crippen LogP contribution in [0.5, 0.6) is 5.75 Å². The molecule has 0 spiro atoms. The highest BCUT2D eigenvalue weighted by atomic mass is 19.1. The van der Waals surface area contributed by atoms with E-state index in [9.17, 15) is 9.18 Å². The van der Waals surface area contributed by atoms with Gasteiger partial charge in [0.2, 0.25) is 5.91 Å². The van der Waals surface area contributed by atoms with Crippen molar-refractivity contribution in [3.05, 3.63) is 35.7 Å². The molecule has 1 heterocycles. The third kappa shape index (κ3) is 4.04. The van der Waals surface area contributed by atoms with Crippen molar-refractivity contribution in [1.82, 2.24) is 10.2 Å². The van der Waals surface area contributed by atoms with E-state index in [2.05, 4.69) is 5.32 Å². The number of nitrogens with zero attached hydrogens (tertiary/aromatic N) is 1. The van der Waals surface area contributed by atoms with Gasteiger partial charge in [-0.2, -0.15) is 0 Å². The molecule has 21 heavy (non-hydrogen) atoms. The van der Waals surface area contributed by atoms with E-state index in [-0.39, 0.29) is 11.7 Å². The maximum atomic E-state index is 13.6. The SMILES string of the molecule is CNCC1CCN(C(=O)C=Cc2ccc(OC)c(F)c2)C1. The lowest BCUT2D eigenvalue weighted by molar-refractivity contribution is -0.125. The number of likely N-dealkylation sites (tertiary alicyclic amines) is 1. The molecule has 0 bridgehead atoms. The van der Waals surface area contributed by atoms with Crippen molar-refractivity contribution >= 4 is 12.0 Å². The molecule has 2 rings (SSSR count). The van der Waals surface area contributed by atoms with Crippen LogP contribution < -0.4 is 10.1 Å². The second-order valence-electron chi connectivity index (χ2n) is 5.22. The molecular formula is C16H21FN2O2. The van der Waals surface area contributed by atoms with Crippen molar-refractivity contribution in [1.29, 1.82) is 0 Å². The first-order valence-electron chi connectivity index (χ1n) is 7.09. The van der Waals surface area contributed by atoms with E-state index >= 15 is 0 Å². The Labute approximate surface area is 124 Å². The fourth-order valence-electron chi connectivity index (χ4n) is 2.55. The van der Waals surface area contributed by atoms with Crippen LogP contribution in [0.4, 0.5) is 4.39 Å². The van der Waals surface area contributed by atoms with Crippen molar-refractivity contribution in [3.8, 4) is 5.75 Å². The Morgan fingerprint density at radius 3 is 3.05 bits per heavy atom. The highest BCUT2D eigenvalue weighted by Crippen LogP contribution is 2.19. The maximum absolute atomic E-state index is 13.6. The van der Waals surface area contributed by atoms with Gasteiger partial charge >= 0.3 is 0 Å². The van der Waals surface area contributed by atoms with Crippen molar-refractivity contribution < 1.29 is 13.9 Å². The fraction of sp³-hybridized carbons (Fsp3) is 0.438. The molecule has 5 heteroatoms. The average molecular weight is 292 g/mol. The normalized spacial score (nSPS) is 18.4. The first-order chi connectivity index (χ1) is 10.1. The zero-order chi connectivity index (χ0) is 15.2. The fourth-order valence-corrected chi connectivity index (χ4v) is 2.55. The predicted molar refractivity (Wildman–Crippen MR) is 80.6 cm³/mol. The molecule has 4 nitrogen and oxygen atoms in total. The van der Waals surface area contributed by atoms with Gasteiger partial charge in [-0.3, -0.25) is 4.79 Å². The van der Waals surface area contributed by atoms with E-state index in [1.54, 1.807) is 18.2 Å². The van der Waals surface area contributed by atoms with E-state index in [1.165, 1.54) is 19.3 Å². The molecule has 1 N–H and O–H groups in total. The number of rotatable bonds is 5. The standard InChI is InChI=1S/C16H21FN2O2/c1-18-10-13-7-8-19(11-13)16(20)6-4-12-3-5-15(21-2)14(17)9-12/h3-6,9,13,18H,7-8,10-11H2,1-2H3. The molecule has 1 fully saturated rings. The van der Waals surface area contributed by atoms with E-state index in [4.69, 9.17) is 4.74 Å². The number of amides is 1. The number of carbonyl (C=O) groups is 1. The summed E-state index contributed by atoms with van der Waals surface area (Å²) in [6.07, 6.45) is 4.16. The topological polar surface area (TPSA) is 41.6 Å². The van der Waals surface area contributed by atoms with Gasteiger partial charge in [-0.25, -0.2) is 4.39 Å². The maximum Gasteiger partial charge on any atom is 0.246 e. The number of hydrogen-bond acceptors (Lipinski definition) is 3. The van der Waals surface area contributed by atoms with Crippen molar-refractivity contribution in [2.24, 2.45) is 5.92 Å². The predicted octanol–water partition coefficient (Wildman–Crippen LogP) is 1.92. The summed E-state index contributed by atoms with van der Waals surface area (Å²) < 4.78 is 18.4. The van der Waals surface area contributed by atoms with Crippen LogP contribution in [0.2, 0.25) is 0 Å². The molecule has 1 aliphatic rings. The summed E-state index contributed by atoms with van der Waals surface area (Å²) in [7, 11) is 3.34. The summed E-state index contributed by atoms with van der Waals surface area (Å²) in [6, 6.07) is 4.63. The highest BCUT2D eigenvalue weighted by molar-refractivity contribution is 5.92. The van der Waals surface area contributed by atoms with Gasteiger partial charge in [0, 0.05) is 19.2 Å². The molecule has 1 unspecified atom stereocenters. The van der Waals surface area contributed by atoms with Crippen LogP contribution in [0.1, 0.15) is 12.0 Å². The second-order valence-corrected chi connectivity index (χ2v) is 5.22. The molecule has 1 atom stereocenters. The molecule has 1 aromatic rings. The molecule has 114 valence electrons. The third-order valence-corrected chi connectivity index (χ3v) is 3.68. The highest BCUT2D eigenvalue weighted by Gasteiger charge is 2.24. The minimum Gasteiger partial charge on any atom is -0.494 e. The van der Waals surface area contributed by atoms with E-state index in [1.807, 2.05) is 11.9 Å². The monoisotopic (exact) mass is 292 g/mol. The molecule has 1 aliphatic heterocycles. The molecule has 0 aromatic heterocycles. The van der Waals surface area contributed by atoms with Crippen LogP contribution in [0.3, 0.4) is 0 Å². The molecule has 0 saturated carbocycles. The van der Waals surface area contributed by atoms with Crippen LogP contribution in [0.25, 0.3) is 6.08 Å². The summed E-state index contributed by atoms with van der Waals surface area (Å²) in [5.41, 5.74) is 0.646. The first-order valence-corrected chi connectivity index (χ1v) is 7.09. The Balaban J connectivity index is 1.95. The number of carbonyl (C=O) groups excluding carboxylic acids is 1. The Bertz CT molecular complexity index is 531. The largest absolute Gasteiger partial charge is 0.494 e. The Morgan fingerprint density at radius 2 is 2.38 bits per heavy atom. The van der Waals surface area contributed by atoms with Crippen LogP contribution >= 0.6 is 0 Å². The summed E-state index contributed by atoms with van der Waals surface area (Å²) in [5.74, 6) is 0.269. The lowest BCUT2D eigenvalue weighted by atomic mass is 10.1. The smallest absolute Gasteiger partial charge is 0.246 e. The van der Waals surface area contributed by atoms with E-state index in [0.717, 1.165) is 26.1 Å². The first kappa shape index (κ1) is 15.5. The summed E-state index contributed by atoms with van der Waals surface area (Å²) >= 11 is 0. The van der Waals surface area contributed by atoms with Gasteiger partial charge in [-0.15, -0.1) is 0 Å². The summed E-state index contributed by atoms with van der Waals surface area (Å²) in [5, 5.41) is 3.13. The van der Waals surface area contributed by atoms with Gasteiger partial charge in [-0.1, -0.05) is 6.07 Å². The van der Waals surface area contributed by atoms with Gasteiger partial charge in [-0.05, 0) is 49.7 Å². The van der Waals surface area contributed by atoms with Crippen molar-refractivity contribution in [2.45, 2.75) is 6.42 Å². The van der Waals surface area contributed by atoms with E-state index in [0.29, 0.717) is 11.5 Å². The average Bonchev–Trinajstić information content (AvgIpc) is 2.94. The lowest BCUT2D eigenvalue weighted by Crippen LogP contribution is -2.28. The Hall–Kier alpha value is -1.88. The van der Waals surface area contributed by atoms with Crippen molar-refractivity contribution in [3.63, 3.8) is 0 Å². The Morgan fingerprint density at radius 1 is 1.57 bits per heavy atom. The summed E-state index contributed by atoms with van der Waals surface area (Å²) in [6.45, 7) is 2.49. The quantitative estimate of drug-likeness (QED) is 0.843. The van der Waals surface area contributed by atoms with Gasteiger partial charge < -0.3 is 15.0 Å². The molecule has 0 radical (unpaired) electrons. The van der Waals surface area contributed by atoms with Gasteiger partial charge in [0.05, 0.1) is 7.11 Å². The van der Waals surface area contributed by atoms with Crippen LogP contribution in [-0.4, -0.2) is 44.6 Å². The minimum atomic E-state index is -0.428. The van der Waals surface area contributed by atoms with Gasteiger partial charge in [0.15, 0.2) is 11.6 Å². The minimum absolute atomic E-state index is 0.0233. The number of ether oxygens (including phenoxy) is 1. The molecule has 1 aromatic carbocycles. The van der Waals surface area contributed by atoms with Gasteiger partial charge in [0.25, 0.3) is 0 Å². The van der Waals surface area contributed by atoms with Crippen LogP contribution in [-0.2, 0) is 4.79 Å². The number of nitrogens with one attached hydrogen (secondary N) is 1. The Kier molecular flexibility index (Phi) is 5.33. The number of hydrogen-bond donors (Lipinski definition) is 1. The number of halogens is 1. The zero-order valence-electron chi connectivity index (χ0n) is 12.4. The molecule has 1 amide bonds. The van der Waals surface area contributed by atoms with Crippen LogP contribution in [0.15, 0.2) is 24.3 Å². The zero-order valence-corrected chi connectivity index (χ0v) is 12.4. The van der Waals surface area contributed by atoms with E-state index < -0.39 is 5.82 Å². The molecule has 0 aliphatic carbocycles.